The summed E-state index contributed by atoms with van der Waals surface area (Å²) >= 11 is 0. The highest BCUT2D eigenvalue weighted by atomic mass is 31.3. The van der Waals surface area contributed by atoms with Crippen LogP contribution in [0.5, 0.6) is 0 Å². The van der Waals surface area contributed by atoms with Crippen molar-refractivity contribution in [3.05, 3.63) is 43.0 Å². The maximum Gasteiger partial charge on any atom is 0.487 e. The van der Waals surface area contributed by atoms with E-state index in [1.807, 2.05) is 0 Å². The number of nitrogens with zero attached hydrogens (tertiary/aromatic N) is 4. The van der Waals surface area contributed by atoms with Gasteiger partial charge in [-0.3, -0.25) is 23.4 Å². The number of H-pyrrole nitrogens is 1. The average molecular weight is 516 g/mol. The Morgan fingerprint density at radius 3 is 2.56 bits per heavy atom. The van der Waals surface area contributed by atoms with Gasteiger partial charge >= 0.3 is 21.3 Å². The number of aromatic amines is 1. The van der Waals surface area contributed by atoms with Crippen LogP contribution < -0.4 is 16.1 Å². The summed E-state index contributed by atoms with van der Waals surface area (Å²) in [5.74, 6) is -0.391. The molecular formula is C12H17N5O12P3-. The van der Waals surface area contributed by atoms with Crippen LogP contribution in [-0.2, 0) is 26.8 Å². The molecule has 32 heavy (non-hydrogen) atoms. The molecule has 1 aromatic rings. The molecule has 2 saturated carbocycles. The fraction of sp³-hybridized carbons (Fsp3) is 0.667. The van der Waals surface area contributed by atoms with Gasteiger partial charge in [-0.15, -0.1) is 0 Å². The summed E-state index contributed by atoms with van der Waals surface area (Å²) in [6, 6.07) is -1.36. The number of azide groups is 1. The van der Waals surface area contributed by atoms with Crippen LogP contribution in [-0.4, -0.2) is 36.9 Å². The van der Waals surface area contributed by atoms with E-state index in [1.54, 1.807) is 0 Å². The third-order valence-corrected chi connectivity index (χ3v) is 9.13. The molecule has 0 radical (unpaired) electrons. The first-order valence-electron chi connectivity index (χ1n) is 8.72. The fourth-order valence-corrected chi connectivity index (χ4v) is 7.07. The molecule has 1 heterocycles. The first-order valence-corrected chi connectivity index (χ1v) is 13.2. The van der Waals surface area contributed by atoms with Crippen LogP contribution >= 0.6 is 23.5 Å². The zero-order valence-corrected chi connectivity index (χ0v) is 18.8. The van der Waals surface area contributed by atoms with E-state index in [0.29, 0.717) is 0 Å². The zero-order chi connectivity index (χ0) is 24.1. The van der Waals surface area contributed by atoms with Gasteiger partial charge in [-0.2, -0.15) is 4.31 Å². The molecular weight excluding hydrogens is 499 g/mol. The number of rotatable bonds is 9. The summed E-state index contributed by atoms with van der Waals surface area (Å²) in [5.41, 5.74) is 6.82. The first kappa shape index (κ1) is 25.0. The molecule has 4 N–H and O–H groups in total. The zero-order valence-electron chi connectivity index (χ0n) is 16.1. The van der Waals surface area contributed by atoms with Crippen LogP contribution in [0.25, 0.3) is 10.4 Å². The van der Waals surface area contributed by atoms with Gasteiger partial charge in [0, 0.05) is 34.2 Å². The smallest absolute Gasteiger partial charge is 0.487 e. The Labute approximate surface area is 178 Å². The van der Waals surface area contributed by atoms with E-state index in [1.165, 1.54) is 17.7 Å². The molecule has 178 valence electrons. The van der Waals surface area contributed by atoms with Crippen molar-refractivity contribution in [3.63, 3.8) is 0 Å². The van der Waals surface area contributed by atoms with E-state index in [2.05, 4.69) is 23.6 Å². The van der Waals surface area contributed by atoms with Gasteiger partial charge in [0.15, 0.2) is 0 Å². The van der Waals surface area contributed by atoms with E-state index in [4.69, 9.17) is 14.9 Å². The third-order valence-electron chi connectivity index (χ3n) is 5.37. The van der Waals surface area contributed by atoms with Crippen molar-refractivity contribution in [2.45, 2.75) is 31.8 Å². The Kier molecular flexibility index (Phi) is 6.50. The quantitative estimate of drug-likeness (QED) is 0.148. The molecule has 0 aliphatic heterocycles. The summed E-state index contributed by atoms with van der Waals surface area (Å²) in [6.07, 6.45) is 1.74. The molecule has 7 atom stereocenters. The maximum atomic E-state index is 12.2. The molecule has 0 spiro atoms. The molecule has 20 heteroatoms. The second kappa shape index (κ2) is 8.32. The van der Waals surface area contributed by atoms with Crippen molar-refractivity contribution in [2.24, 2.45) is 16.4 Å². The van der Waals surface area contributed by atoms with Crippen LogP contribution in [0.1, 0.15) is 24.4 Å². The molecule has 1 aromatic heterocycles. The highest BCUT2D eigenvalue weighted by Gasteiger charge is 2.68. The minimum atomic E-state index is -5.78. The highest BCUT2D eigenvalue weighted by Crippen LogP contribution is 2.71. The Morgan fingerprint density at radius 2 is 1.97 bits per heavy atom. The average Bonchev–Trinajstić information content (AvgIpc) is 3.26. The van der Waals surface area contributed by atoms with Gasteiger partial charge < -0.3 is 19.6 Å². The largest absolute Gasteiger partial charge is 0.756 e. The molecule has 17 nitrogen and oxygen atoms in total. The SMILES string of the molecule is Cc1cn([C@H]2C[C@H](N=[N+]=[N-])[C@@]3(COP(=O)(O)OP(=O)(O)OP(=O)([O-])O)CC23)c(=O)[nH]c1=O. The molecule has 2 aliphatic carbocycles. The Balaban J connectivity index is 1.79. The second-order valence-electron chi connectivity index (χ2n) is 7.39. The number of aryl methyl sites for hydroxylation is 1. The summed E-state index contributed by atoms with van der Waals surface area (Å²) in [6.45, 7) is 0.858. The monoisotopic (exact) mass is 516 g/mol. The van der Waals surface area contributed by atoms with Gasteiger partial charge in [-0.05, 0) is 31.2 Å². The van der Waals surface area contributed by atoms with Crippen LogP contribution in [0.15, 0.2) is 20.9 Å². The minimum absolute atomic E-state index is 0.131. The molecule has 3 rings (SSSR count). The van der Waals surface area contributed by atoms with Crippen molar-refractivity contribution in [1.82, 2.24) is 9.55 Å². The molecule has 0 amide bonds. The lowest BCUT2D eigenvalue weighted by atomic mass is 10.00. The van der Waals surface area contributed by atoms with Crippen LogP contribution in [0.2, 0.25) is 0 Å². The lowest BCUT2D eigenvalue weighted by Crippen LogP contribution is -2.33. The second-order valence-corrected chi connectivity index (χ2v) is 11.8. The number of hydrogen-bond donors (Lipinski definition) is 4. The van der Waals surface area contributed by atoms with Crippen LogP contribution in [0.3, 0.4) is 0 Å². The van der Waals surface area contributed by atoms with Crippen molar-refractivity contribution in [3.8, 4) is 0 Å². The normalized spacial score (nSPS) is 32.1. The topological polar surface area (TPSA) is 266 Å². The van der Waals surface area contributed by atoms with E-state index in [-0.39, 0.29) is 18.4 Å². The molecule has 4 unspecified atom stereocenters. The van der Waals surface area contributed by atoms with Crippen LogP contribution in [0.4, 0.5) is 0 Å². The Bertz CT molecular complexity index is 1230. The summed E-state index contributed by atoms with van der Waals surface area (Å²) < 4.78 is 47.2. The van der Waals surface area contributed by atoms with Gasteiger partial charge in [-0.25, -0.2) is 18.2 Å². The standard InChI is InChI=1S/C12H18N5O12P3/c1-6-4-17(11(19)14-10(6)18)8-2-9(15-16-13)12(3-7(8)12)5-27-31(23,24)29-32(25,26)28-30(20,21)22/h4,7-9H,2-3,5H2,1H3,(H,23,24)(H,25,26)(H,14,18,19)(H2,20,21,22)/p-1/t7?,8-,9-,12+/m0/s1. The lowest BCUT2D eigenvalue weighted by Gasteiger charge is -2.23. The number of nitrogens with one attached hydrogen (secondary N) is 1. The van der Waals surface area contributed by atoms with E-state index in [9.17, 15) is 38.0 Å². The predicted octanol–water partition coefficient (Wildman–Crippen LogP) is 0.186. The van der Waals surface area contributed by atoms with Crippen molar-refractivity contribution in [1.29, 1.82) is 0 Å². The highest BCUT2D eigenvalue weighted by molar-refractivity contribution is 7.66. The molecule has 0 aromatic carbocycles. The first-order chi connectivity index (χ1) is 14.6. The maximum absolute atomic E-state index is 12.2. The Hall–Kier alpha value is -1.60. The van der Waals surface area contributed by atoms with Crippen molar-refractivity contribution in [2.75, 3.05) is 6.61 Å². The van der Waals surface area contributed by atoms with Gasteiger partial charge in [0.05, 0.1) is 6.61 Å². The van der Waals surface area contributed by atoms with Gasteiger partial charge in [0.2, 0.25) is 0 Å². The fourth-order valence-electron chi connectivity index (χ4n) is 4.01. The van der Waals surface area contributed by atoms with Crippen molar-refractivity contribution < 1.29 is 46.4 Å². The third kappa shape index (κ3) is 5.30. The molecule has 2 fully saturated rings. The lowest BCUT2D eigenvalue weighted by molar-refractivity contribution is -0.212. The summed E-state index contributed by atoms with van der Waals surface area (Å²) in [4.78, 5) is 66.6. The number of phosphoric acid groups is 3. The summed E-state index contributed by atoms with van der Waals surface area (Å²) in [5, 5.41) is 3.65. The minimum Gasteiger partial charge on any atom is -0.756 e. The number of phosphoric ester groups is 1. The van der Waals surface area contributed by atoms with Crippen molar-refractivity contribution >= 4 is 23.5 Å². The van der Waals surface area contributed by atoms with Gasteiger partial charge in [-0.1, -0.05) is 5.11 Å². The molecule has 0 saturated heterocycles. The molecule has 2 aliphatic rings. The van der Waals surface area contributed by atoms with E-state index in [0.717, 1.165) is 0 Å². The number of aromatic nitrogens is 2. The van der Waals surface area contributed by atoms with Gasteiger partial charge in [0.1, 0.15) is 0 Å². The van der Waals surface area contributed by atoms with E-state index < -0.39 is 64.7 Å². The number of hydrogen-bond acceptors (Lipinski definition) is 10. The van der Waals surface area contributed by atoms with Gasteiger partial charge in [0.25, 0.3) is 13.4 Å². The van der Waals surface area contributed by atoms with E-state index >= 15 is 0 Å². The predicted molar refractivity (Wildman–Crippen MR) is 101 cm³/mol. The number of fused-ring (bicyclic) bond motifs is 1. The van der Waals surface area contributed by atoms with Crippen LogP contribution in [0, 0.1) is 18.3 Å². The molecule has 0 bridgehead atoms. The summed E-state index contributed by atoms with van der Waals surface area (Å²) in [7, 11) is -16.9. The Morgan fingerprint density at radius 1 is 1.31 bits per heavy atom.